The molecule has 150 valence electrons. The summed E-state index contributed by atoms with van der Waals surface area (Å²) < 4.78 is 69.0. The molecule has 4 rings (SSSR count). The van der Waals surface area contributed by atoms with Crippen molar-refractivity contribution in [3.05, 3.63) is 53.3 Å². The number of alkyl halides is 3. The number of nitriles is 1. The second kappa shape index (κ2) is 6.47. The van der Waals surface area contributed by atoms with Gasteiger partial charge in [-0.25, -0.2) is 8.42 Å². The molecule has 0 fully saturated rings. The Labute approximate surface area is 163 Å². The topological polar surface area (TPSA) is 99.2 Å². The van der Waals surface area contributed by atoms with E-state index in [9.17, 15) is 26.7 Å². The number of fused-ring (bicyclic) bond motifs is 3. The third-order valence-electron chi connectivity index (χ3n) is 4.83. The van der Waals surface area contributed by atoms with Crippen LogP contribution in [0, 0.1) is 11.3 Å². The molecular weight excluding hydrogens is 409 g/mol. The average molecular weight is 422 g/mol. The highest BCUT2D eigenvalue weighted by molar-refractivity contribution is 7.89. The highest BCUT2D eigenvalue weighted by atomic mass is 32.2. The van der Waals surface area contributed by atoms with Gasteiger partial charge >= 0.3 is 6.18 Å². The number of aromatic nitrogens is 2. The summed E-state index contributed by atoms with van der Waals surface area (Å²) >= 11 is 0. The number of halogens is 3. The molecule has 0 bridgehead atoms. The van der Waals surface area contributed by atoms with Gasteiger partial charge in [0.1, 0.15) is 0 Å². The van der Waals surface area contributed by atoms with Crippen LogP contribution in [0.25, 0.3) is 10.9 Å². The second-order valence-corrected chi connectivity index (χ2v) is 8.39. The predicted molar refractivity (Wildman–Crippen MR) is 95.2 cm³/mol. The lowest BCUT2D eigenvalue weighted by Crippen LogP contribution is -2.38. The first kappa shape index (κ1) is 19.2. The molecule has 29 heavy (non-hydrogen) atoms. The molecule has 0 saturated carbocycles. The summed E-state index contributed by atoms with van der Waals surface area (Å²) in [4.78, 5) is 3.25. The van der Waals surface area contributed by atoms with Gasteiger partial charge in [0.25, 0.3) is 0 Å². The maximum absolute atomic E-state index is 13.5. The number of nitrogens with zero attached hydrogens (tertiary/aromatic N) is 4. The first-order valence-electron chi connectivity index (χ1n) is 8.41. The van der Waals surface area contributed by atoms with Crippen LogP contribution in [0.5, 0.6) is 5.88 Å². The maximum atomic E-state index is 13.5. The zero-order valence-corrected chi connectivity index (χ0v) is 15.5. The van der Waals surface area contributed by atoms with Crippen LogP contribution in [0.2, 0.25) is 0 Å². The van der Waals surface area contributed by atoms with E-state index in [1.807, 2.05) is 0 Å². The molecule has 3 heterocycles. The molecule has 2 aromatic heterocycles. The summed E-state index contributed by atoms with van der Waals surface area (Å²) in [7, 11) is -4.52. The Balaban J connectivity index is 1.81. The quantitative estimate of drug-likeness (QED) is 0.685. The van der Waals surface area contributed by atoms with Crippen LogP contribution in [0.15, 0.2) is 41.4 Å². The first-order valence-corrected chi connectivity index (χ1v) is 9.85. The number of hydrogen-bond donors (Lipinski definition) is 1. The lowest BCUT2D eigenvalue weighted by atomic mass is 10.1. The van der Waals surface area contributed by atoms with Gasteiger partial charge in [0, 0.05) is 19.3 Å². The molecule has 0 aliphatic carbocycles. The van der Waals surface area contributed by atoms with Gasteiger partial charge < -0.3 is 9.67 Å². The maximum Gasteiger partial charge on any atom is 0.417 e. The van der Waals surface area contributed by atoms with E-state index in [4.69, 9.17) is 5.26 Å². The molecule has 1 aliphatic heterocycles. The molecule has 0 atom stereocenters. The SMILES string of the molecule is N#Cc1ccc(S(=O)(=O)N2CCn3c(O)c4cccnc4c3C2)c(C(F)(F)F)c1. The van der Waals surface area contributed by atoms with Gasteiger partial charge in [-0.2, -0.15) is 22.7 Å². The Morgan fingerprint density at radius 2 is 1.97 bits per heavy atom. The molecule has 0 spiro atoms. The Hall–Kier alpha value is -3.10. The molecule has 1 aliphatic rings. The fraction of sp³-hybridized carbons (Fsp3) is 0.222. The van der Waals surface area contributed by atoms with Crippen molar-refractivity contribution >= 4 is 20.9 Å². The molecule has 0 radical (unpaired) electrons. The van der Waals surface area contributed by atoms with Crippen LogP contribution in [0.3, 0.4) is 0 Å². The van der Waals surface area contributed by atoms with Crippen LogP contribution in [-0.4, -0.2) is 33.9 Å². The standard InChI is InChI=1S/C18H13F3N4O3S/c19-18(20,21)13-8-11(9-22)3-4-15(13)29(27,28)24-6-7-25-14(10-24)16-12(17(25)26)2-1-5-23-16/h1-5,8,26H,6-7,10H2. The van der Waals surface area contributed by atoms with Crippen molar-refractivity contribution in [2.45, 2.75) is 24.2 Å². The number of sulfonamides is 1. The van der Waals surface area contributed by atoms with E-state index in [1.165, 1.54) is 10.8 Å². The number of hydrogen-bond acceptors (Lipinski definition) is 5. The molecule has 1 aromatic carbocycles. The molecular formula is C18H13F3N4O3S. The van der Waals surface area contributed by atoms with E-state index in [2.05, 4.69) is 4.98 Å². The highest BCUT2D eigenvalue weighted by Crippen LogP contribution is 2.38. The van der Waals surface area contributed by atoms with Crippen molar-refractivity contribution in [2.24, 2.45) is 0 Å². The van der Waals surface area contributed by atoms with E-state index in [1.54, 1.807) is 18.2 Å². The number of pyridine rings is 1. The fourth-order valence-electron chi connectivity index (χ4n) is 3.47. The third-order valence-corrected chi connectivity index (χ3v) is 6.74. The van der Waals surface area contributed by atoms with Crippen LogP contribution in [-0.2, 0) is 29.3 Å². The van der Waals surface area contributed by atoms with E-state index in [0.717, 1.165) is 16.4 Å². The van der Waals surface area contributed by atoms with Gasteiger partial charge in [0.2, 0.25) is 15.9 Å². The normalized spacial score (nSPS) is 15.2. The predicted octanol–water partition coefficient (Wildman–Crippen LogP) is 2.84. The fourth-order valence-corrected chi connectivity index (χ4v) is 5.05. The smallest absolute Gasteiger partial charge is 0.417 e. The van der Waals surface area contributed by atoms with Crippen molar-refractivity contribution in [2.75, 3.05) is 6.54 Å². The lowest BCUT2D eigenvalue weighted by molar-refractivity contribution is -0.139. The molecule has 0 amide bonds. The minimum absolute atomic E-state index is 0.0606. The third kappa shape index (κ3) is 3.01. The summed E-state index contributed by atoms with van der Waals surface area (Å²) in [6.07, 6.45) is -3.46. The minimum atomic E-state index is -4.95. The number of rotatable bonds is 2. The van der Waals surface area contributed by atoms with Crippen LogP contribution >= 0.6 is 0 Å². The van der Waals surface area contributed by atoms with Crippen molar-refractivity contribution < 1.29 is 26.7 Å². The van der Waals surface area contributed by atoms with Gasteiger partial charge in [-0.1, -0.05) is 0 Å². The van der Waals surface area contributed by atoms with Crippen LogP contribution < -0.4 is 0 Å². The van der Waals surface area contributed by atoms with E-state index in [0.29, 0.717) is 22.7 Å². The first-order chi connectivity index (χ1) is 13.6. The molecule has 7 nitrogen and oxygen atoms in total. The van der Waals surface area contributed by atoms with Gasteiger partial charge in [0.05, 0.1) is 45.2 Å². The van der Waals surface area contributed by atoms with Crippen LogP contribution in [0.4, 0.5) is 13.2 Å². The van der Waals surface area contributed by atoms with Crippen LogP contribution in [0.1, 0.15) is 16.8 Å². The lowest BCUT2D eigenvalue weighted by Gasteiger charge is -2.29. The Morgan fingerprint density at radius 3 is 2.66 bits per heavy atom. The zero-order chi connectivity index (χ0) is 21.0. The van der Waals surface area contributed by atoms with Gasteiger partial charge in [0.15, 0.2) is 0 Å². The summed E-state index contributed by atoms with van der Waals surface area (Å²) in [6, 6.07) is 7.21. The van der Waals surface area contributed by atoms with Crippen molar-refractivity contribution in [3.63, 3.8) is 0 Å². The molecule has 11 heteroatoms. The average Bonchev–Trinajstić information content (AvgIpc) is 2.99. The summed E-state index contributed by atoms with van der Waals surface area (Å²) in [6.45, 7) is -0.302. The van der Waals surface area contributed by atoms with E-state index < -0.39 is 26.7 Å². The van der Waals surface area contributed by atoms with Crippen molar-refractivity contribution in [3.8, 4) is 11.9 Å². The van der Waals surface area contributed by atoms with Crippen molar-refractivity contribution in [1.82, 2.24) is 13.9 Å². The Morgan fingerprint density at radius 1 is 1.21 bits per heavy atom. The van der Waals surface area contributed by atoms with Gasteiger partial charge in [-0.05, 0) is 30.3 Å². The summed E-state index contributed by atoms with van der Waals surface area (Å²) in [5.74, 6) is -0.0606. The molecule has 1 N–H and O–H groups in total. The summed E-state index contributed by atoms with van der Waals surface area (Å²) in [5.41, 5.74) is -0.886. The van der Waals surface area contributed by atoms with Crippen molar-refractivity contribution in [1.29, 1.82) is 5.26 Å². The minimum Gasteiger partial charge on any atom is -0.494 e. The molecule has 3 aromatic rings. The van der Waals surface area contributed by atoms with E-state index in [-0.39, 0.29) is 31.1 Å². The van der Waals surface area contributed by atoms with Gasteiger partial charge in [-0.3, -0.25) is 4.98 Å². The Kier molecular flexibility index (Phi) is 4.29. The largest absolute Gasteiger partial charge is 0.494 e. The number of aromatic hydroxyl groups is 1. The Bertz CT molecular complexity index is 1280. The molecule has 0 saturated heterocycles. The zero-order valence-electron chi connectivity index (χ0n) is 14.7. The summed E-state index contributed by atoms with van der Waals surface area (Å²) in [5, 5.41) is 19.6. The van der Waals surface area contributed by atoms with Gasteiger partial charge in [-0.15, -0.1) is 0 Å². The van der Waals surface area contributed by atoms with E-state index >= 15 is 0 Å². The molecule has 0 unspecified atom stereocenters. The highest BCUT2D eigenvalue weighted by Gasteiger charge is 2.40. The monoisotopic (exact) mass is 422 g/mol. The second-order valence-electron chi connectivity index (χ2n) is 6.48. The number of benzene rings is 1.